The van der Waals surface area contributed by atoms with Gasteiger partial charge in [0.05, 0.1) is 6.54 Å². The fraction of sp³-hybridized carbons (Fsp3) is 0.217. The van der Waals surface area contributed by atoms with Crippen LogP contribution in [0.15, 0.2) is 65.4 Å². The smallest absolute Gasteiger partial charge is 0.408 e. The summed E-state index contributed by atoms with van der Waals surface area (Å²) in [6.45, 7) is 0.301. The molecule has 0 saturated carbocycles. The lowest BCUT2D eigenvalue weighted by Gasteiger charge is -2.19. The van der Waals surface area contributed by atoms with Crippen LogP contribution in [0.3, 0.4) is 0 Å². The van der Waals surface area contributed by atoms with Gasteiger partial charge in [-0.3, -0.25) is 15.1 Å². The molecule has 0 saturated heterocycles. The first kappa shape index (κ1) is 22.7. The Hall–Kier alpha value is -3.50. The van der Waals surface area contributed by atoms with Crippen LogP contribution in [0.2, 0.25) is 0 Å². The van der Waals surface area contributed by atoms with Crippen LogP contribution in [0.5, 0.6) is 5.75 Å². The van der Waals surface area contributed by atoms with Crippen LogP contribution < -0.4 is 16.1 Å². The van der Waals surface area contributed by atoms with Gasteiger partial charge >= 0.3 is 6.09 Å². The summed E-state index contributed by atoms with van der Waals surface area (Å²) in [6, 6.07) is 13.3. The molecule has 9 nitrogen and oxygen atoms in total. The van der Waals surface area contributed by atoms with Crippen LogP contribution >= 0.6 is 15.9 Å². The number of amides is 2. The van der Waals surface area contributed by atoms with Gasteiger partial charge in [0.2, 0.25) is 5.91 Å². The van der Waals surface area contributed by atoms with Crippen LogP contribution in [0.4, 0.5) is 4.79 Å². The number of rotatable bonds is 8. The minimum atomic E-state index is -0.906. The number of nitrogens with one attached hydrogen (secondary N) is 4. The molecular weight excluding hydrogens is 492 g/mol. The van der Waals surface area contributed by atoms with Gasteiger partial charge in [-0.1, -0.05) is 30.3 Å². The lowest BCUT2D eigenvalue weighted by atomic mass is 10.0. The molecule has 2 unspecified atom stereocenters. The molecule has 2 atom stereocenters. The molecule has 0 bridgehead atoms. The molecular formula is C23H23BrN4O5. The van der Waals surface area contributed by atoms with Gasteiger partial charge in [-0.15, -0.1) is 0 Å². The van der Waals surface area contributed by atoms with Crippen LogP contribution in [-0.2, 0) is 27.4 Å². The van der Waals surface area contributed by atoms with Crippen molar-refractivity contribution in [3.05, 3.63) is 76.5 Å². The maximum Gasteiger partial charge on any atom is 0.408 e. The Morgan fingerprint density at radius 1 is 1.21 bits per heavy atom. The average Bonchev–Trinajstić information content (AvgIpc) is 3.42. The maximum atomic E-state index is 13.0. The van der Waals surface area contributed by atoms with E-state index in [-0.39, 0.29) is 37.3 Å². The monoisotopic (exact) mass is 514 g/mol. The number of alkyl carbamates (subject to hydrolysis) is 1. The van der Waals surface area contributed by atoms with E-state index in [9.17, 15) is 14.7 Å². The zero-order valence-electron chi connectivity index (χ0n) is 17.5. The van der Waals surface area contributed by atoms with Gasteiger partial charge in [0.15, 0.2) is 0 Å². The normalized spacial score (nSPS) is 16.0. The second-order valence-corrected chi connectivity index (χ2v) is 8.38. The molecule has 33 heavy (non-hydrogen) atoms. The van der Waals surface area contributed by atoms with Crippen molar-refractivity contribution in [3.8, 4) is 5.75 Å². The predicted octanol–water partition coefficient (Wildman–Crippen LogP) is 2.97. The lowest BCUT2D eigenvalue weighted by Crippen LogP contribution is -2.49. The highest BCUT2D eigenvalue weighted by Crippen LogP contribution is 2.24. The second kappa shape index (κ2) is 10.4. The van der Waals surface area contributed by atoms with Gasteiger partial charge < -0.3 is 25.5 Å². The van der Waals surface area contributed by atoms with Gasteiger partial charge in [-0.25, -0.2) is 4.79 Å². The number of halogens is 1. The number of carbonyl (C=O) groups excluding carboxylic acids is 2. The number of hydroxylamine groups is 1. The number of H-pyrrole nitrogens is 1. The van der Waals surface area contributed by atoms with Crippen molar-refractivity contribution in [2.75, 3.05) is 6.54 Å². The molecule has 172 valence electrons. The summed E-state index contributed by atoms with van der Waals surface area (Å²) in [6.07, 6.45) is 2.67. The van der Waals surface area contributed by atoms with Gasteiger partial charge in [0.25, 0.3) is 0 Å². The largest absolute Gasteiger partial charge is 0.508 e. The average molecular weight is 515 g/mol. The predicted molar refractivity (Wildman–Crippen MR) is 125 cm³/mol. The lowest BCUT2D eigenvalue weighted by molar-refractivity contribution is -0.123. The zero-order chi connectivity index (χ0) is 23.2. The third-order valence-corrected chi connectivity index (χ3v) is 5.54. The Kier molecular flexibility index (Phi) is 7.16. The molecule has 0 aliphatic carbocycles. The molecule has 0 spiro atoms. The highest BCUT2D eigenvalue weighted by molar-refractivity contribution is 9.11. The van der Waals surface area contributed by atoms with Gasteiger partial charge in [-0.05, 0) is 51.3 Å². The Balaban J connectivity index is 1.45. The zero-order valence-corrected chi connectivity index (χ0v) is 19.1. The number of hydrogen-bond donors (Lipinski definition) is 5. The minimum Gasteiger partial charge on any atom is -0.508 e. The fourth-order valence-corrected chi connectivity index (χ4v) is 3.85. The number of benzene rings is 2. The Labute approximate surface area is 198 Å². The first-order chi connectivity index (χ1) is 16.0. The molecule has 4 rings (SSSR count). The van der Waals surface area contributed by atoms with Crippen molar-refractivity contribution < 1.29 is 24.3 Å². The van der Waals surface area contributed by atoms with Crippen molar-refractivity contribution in [2.45, 2.75) is 25.2 Å². The highest BCUT2D eigenvalue weighted by atomic mass is 79.9. The first-order valence-electron chi connectivity index (χ1n) is 10.3. The summed E-state index contributed by atoms with van der Waals surface area (Å²) in [4.78, 5) is 33.8. The quantitative estimate of drug-likeness (QED) is 0.294. The number of aromatic nitrogens is 1. The van der Waals surface area contributed by atoms with E-state index >= 15 is 0 Å². The van der Waals surface area contributed by atoms with E-state index in [1.807, 2.05) is 30.3 Å². The Morgan fingerprint density at radius 2 is 2.03 bits per heavy atom. The van der Waals surface area contributed by atoms with Gasteiger partial charge in [0, 0.05) is 23.5 Å². The van der Waals surface area contributed by atoms with E-state index in [2.05, 4.69) is 37.0 Å². The molecule has 1 aliphatic heterocycles. The molecule has 2 aromatic carbocycles. The van der Waals surface area contributed by atoms with E-state index < -0.39 is 12.1 Å². The second-order valence-electron chi connectivity index (χ2n) is 7.52. The summed E-state index contributed by atoms with van der Waals surface area (Å²) < 4.78 is 5.98. The number of ether oxygens (including phenoxy) is 1. The number of phenolic OH excluding ortho intramolecular Hbond substituents is 1. The van der Waals surface area contributed by atoms with Crippen molar-refractivity contribution >= 4 is 38.8 Å². The number of aromatic hydroxyl groups is 1. The van der Waals surface area contributed by atoms with Crippen LogP contribution in [-0.4, -0.2) is 40.8 Å². The highest BCUT2D eigenvalue weighted by Gasteiger charge is 2.25. The Morgan fingerprint density at radius 3 is 2.79 bits per heavy atom. The number of aromatic amines is 1. The molecule has 2 heterocycles. The molecule has 5 N–H and O–H groups in total. The third kappa shape index (κ3) is 6.05. The summed E-state index contributed by atoms with van der Waals surface area (Å²) in [7, 11) is 0. The number of fused-ring (bicyclic) bond motifs is 1. The van der Waals surface area contributed by atoms with Crippen LogP contribution in [0, 0.1) is 0 Å². The van der Waals surface area contributed by atoms with Crippen LogP contribution in [0.1, 0.15) is 11.1 Å². The molecule has 3 aromatic rings. The molecule has 2 amide bonds. The molecule has 10 heteroatoms. The van der Waals surface area contributed by atoms with Crippen molar-refractivity contribution in [1.29, 1.82) is 0 Å². The van der Waals surface area contributed by atoms with Crippen LogP contribution in [0.25, 0.3) is 10.9 Å². The van der Waals surface area contributed by atoms with E-state index in [0.717, 1.165) is 22.0 Å². The van der Waals surface area contributed by atoms with Crippen molar-refractivity contribution in [1.82, 2.24) is 21.1 Å². The summed E-state index contributed by atoms with van der Waals surface area (Å²) >= 11 is 3.27. The molecule has 0 fully saturated rings. The minimum absolute atomic E-state index is 0.0857. The molecule has 0 radical (unpaired) electrons. The standard InChI is InChI=1S/C23H23BrN4O5/c24-21-10-17(33-28-21)12-26-22(30)20(27-23(31)32-13-14-4-2-1-3-5-14)8-15-11-25-19-7-6-16(29)9-18(15)19/h1-7,9-11,17,20,25,28-29H,8,12-13H2,(H,26,30)(H,27,31). The number of carbonyl (C=O) groups is 2. The maximum absolute atomic E-state index is 13.0. The molecule has 1 aromatic heterocycles. The van der Waals surface area contributed by atoms with Gasteiger partial charge in [-0.2, -0.15) is 0 Å². The SMILES string of the molecule is O=C(NC(Cc1c[nH]c2ccc(O)cc12)C(=O)NCC1C=C(Br)NO1)OCc1ccccc1. The fourth-order valence-electron chi connectivity index (χ4n) is 3.46. The molecule has 1 aliphatic rings. The number of phenols is 1. The summed E-state index contributed by atoms with van der Waals surface area (Å²) in [5.74, 6) is -0.274. The van der Waals surface area contributed by atoms with Crippen molar-refractivity contribution in [2.24, 2.45) is 0 Å². The number of hydrogen-bond acceptors (Lipinski definition) is 6. The van der Waals surface area contributed by atoms with E-state index in [1.54, 1.807) is 30.5 Å². The summed E-state index contributed by atoms with van der Waals surface area (Å²) in [5.41, 5.74) is 5.08. The Bertz CT molecular complexity index is 1160. The van der Waals surface area contributed by atoms with E-state index in [0.29, 0.717) is 4.61 Å². The third-order valence-electron chi connectivity index (χ3n) is 5.11. The topological polar surface area (TPSA) is 125 Å². The summed E-state index contributed by atoms with van der Waals surface area (Å²) in [5, 5.41) is 16.1. The first-order valence-corrected chi connectivity index (χ1v) is 11.1. The van der Waals surface area contributed by atoms with Gasteiger partial charge in [0.1, 0.15) is 29.1 Å². The van der Waals surface area contributed by atoms with Crippen molar-refractivity contribution in [3.63, 3.8) is 0 Å². The van der Waals surface area contributed by atoms with E-state index in [1.165, 1.54) is 0 Å². The van der Waals surface area contributed by atoms with E-state index in [4.69, 9.17) is 9.57 Å².